The molecule has 0 aliphatic heterocycles. The van der Waals surface area contributed by atoms with E-state index in [0.717, 1.165) is 24.6 Å². The van der Waals surface area contributed by atoms with Crippen molar-refractivity contribution in [2.45, 2.75) is 58.4 Å². The Morgan fingerprint density at radius 1 is 1.37 bits per heavy atom. The van der Waals surface area contributed by atoms with Crippen molar-refractivity contribution in [2.75, 3.05) is 24.7 Å². The van der Waals surface area contributed by atoms with Crippen molar-refractivity contribution in [3.8, 4) is 0 Å². The van der Waals surface area contributed by atoms with Crippen LogP contribution in [-0.2, 0) is 9.53 Å². The lowest BCUT2D eigenvalue weighted by atomic mass is 9.99. The number of esters is 1. The van der Waals surface area contributed by atoms with Gasteiger partial charge in [-0.15, -0.1) is 0 Å². The Morgan fingerprint density at radius 3 is 2.63 bits per heavy atom. The molecule has 1 atom stereocenters. The predicted molar refractivity (Wildman–Crippen MR) is 82.6 cm³/mol. The number of hydrogen-bond donors (Lipinski definition) is 1. The molecule has 1 fully saturated rings. The molecule has 19 heavy (non-hydrogen) atoms. The van der Waals surface area contributed by atoms with Crippen LogP contribution in [0.25, 0.3) is 0 Å². The highest BCUT2D eigenvalue weighted by Gasteiger charge is 2.33. The van der Waals surface area contributed by atoms with Crippen molar-refractivity contribution in [3.05, 3.63) is 0 Å². The van der Waals surface area contributed by atoms with Crippen LogP contribution in [0.4, 0.5) is 0 Å². The molecule has 0 radical (unpaired) electrons. The summed E-state index contributed by atoms with van der Waals surface area (Å²) < 4.78 is 5.18. The first-order chi connectivity index (χ1) is 9.12. The van der Waals surface area contributed by atoms with Crippen molar-refractivity contribution in [1.82, 2.24) is 5.32 Å². The summed E-state index contributed by atoms with van der Waals surface area (Å²) in [5.74, 6) is 3.08. The average Bonchev–Trinajstić information content (AvgIpc) is 2.88. The van der Waals surface area contributed by atoms with E-state index in [9.17, 15) is 4.79 Å². The summed E-state index contributed by atoms with van der Waals surface area (Å²) in [4.78, 5) is 12.0. The van der Waals surface area contributed by atoms with E-state index in [1.54, 1.807) is 0 Å². The van der Waals surface area contributed by atoms with Crippen LogP contribution in [0.2, 0.25) is 0 Å². The molecule has 0 bridgehead atoms. The van der Waals surface area contributed by atoms with Gasteiger partial charge in [0, 0.05) is 0 Å². The van der Waals surface area contributed by atoms with Gasteiger partial charge in [-0.2, -0.15) is 11.8 Å². The smallest absolute Gasteiger partial charge is 0.326 e. The van der Waals surface area contributed by atoms with Crippen molar-refractivity contribution in [2.24, 2.45) is 5.92 Å². The number of hydrogen-bond acceptors (Lipinski definition) is 4. The predicted octanol–water partition coefficient (Wildman–Crippen LogP) is 3.23. The second-order valence-electron chi connectivity index (χ2n) is 5.56. The molecule has 3 nitrogen and oxygen atoms in total. The van der Waals surface area contributed by atoms with Gasteiger partial charge in [0.1, 0.15) is 5.54 Å². The first kappa shape index (κ1) is 16.8. The van der Waals surface area contributed by atoms with Gasteiger partial charge in [0.15, 0.2) is 0 Å². The van der Waals surface area contributed by atoms with Crippen molar-refractivity contribution in [1.29, 1.82) is 0 Å². The van der Waals surface area contributed by atoms with Crippen molar-refractivity contribution in [3.63, 3.8) is 0 Å². The van der Waals surface area contributed by atoms with Gasteiger partial charge in [-0.1, -0.05) is 19.8 Å². The van der Waals surface area contributed by atoms with Crippen LogP contribution < -0.4 is 5.32 Å². The minimum atomic E-state index is -0.520. The fourth-order valence-electron chi connectivity index (χ4n) is 2.65. The van der Waals surface area contributed by atoms with E-state index >= 15 is 0 Å². The van der Waals surface area contributed by atoms with E-state index in [2.05, 4.69) is 5.32 Å². The lowest BCUT2D eigenvalue weighted by Crippen LogP contribution is -2.50. The molecule has 0 aromatic heterocycles. The minimum Gasteiger partial charge on any atom is -0.465 e. The molecule has 1 aliphatic carbocycles. The number of carbonyl (C=O) groups is 1. The van der Waals surface area contributed by atoms with Crippen LogP contribution in [0, 0.1) is 5.92 Å². The molecule has 0 amide bonds. The Balaban J connectivity index is 2.29. The molecule has 0 heterocycles. The van der Waals surface area contributed by atoms with Crippen LogP contribution in [0.1, 0.15) is 52.9 Å². The molecule has 0 saturated heterocycles. The third-order valence-electron chi connectivity index (χ3n) is 3.87. The lowest BCUT2D eigenvalue weighted by molar-refractivity contribution is -0.150. The zero-order valence-corrected chi connectivity index (χ0v) is 13.5. The highest BCUT2D eigenvalue weighted by molar-refractivity contribution is 7.99. The Hall–Kier alpha value is -0.220. The standard InChI is InChI=1S/C15H29NO2S/c1-4-16-15(3,14(17)18-5-2)10-11-19-12-13-8-6-7-9-13/h13,16H,4-12H2,1-3H3. The molecule has 0 aromatic carbocycles. The fraction of sp³-hybridized carbons (Fsp3) is 0.933. The van der Waals surface area contributed by atoms with Gasteiger partial charge in [0.05, 0.1) is 6.61 Å². The van der Waals surface area contributed by atoms with E-state index in [0.29, 0.717) is 6.61 Å². The largest absolute Gasteiger partial charge is 0.465 e. The van der Waals surface area contributed by atoms with E-state index in [1.807, 2.05) is 32.5 Å². The number of ether oxygens (including phenoxy) is 1. The van der Waals surface area contributed by atoms with E-state index in [1.165, 1.54) is 31.4 Å². The Morgan fingerprint density at radius 2 is 2.05 bits per heavy atom. The maximum atomic E-state index is 12.0. The van der Waals surface area contributed by atoms with Gasteiger partial charge in [0.2, 0.25) is 0 Å². The topological polar surface area (TPSA) is 38.3 Å². The van der Waals surface area contributed by atoms with E-state index < -0.39 is 5.54 Å². The fourth-order valence-corrected chi connectivity index (χ4v) is 4.03. The summed E-state index contributed by atoms with van der Waals surface area (Å²) in [6.45, 7) is 7.10. The number of carbonyl (C=O) groups excluding carboxylic acids is 1. The number of likely N-dealkylation sites (N-methyl/N-ethyl adjacent to an activating group) is 1. The van der Waals surface area contributed by atoms with Gasteiger partial charge in [-0.05, 0) is 57.1 Å². The molecule has 0 aromatic rings. The Labute approximate surface area is 122 Å². The zero-order chi connectivity index (χ0) is 14.1. The summed E-state index contributed by atoms with van der Waals surface area (Å²) in [5.41, 5.74) is -0.520. The minimum absolute atomic E-state index is 0.113. The average molecular weight is 287 g/mol. The Bertz CT molecular complexity index is 267. The van der Waals surface area contributed by atoms with Crippen LogP contribution >= 0.6 is 11.8 Å². The van der Waals surface area contributed by atoms with Crippen LogP contribution in [0.3, 0.4) is 0 Å². The van der Waals surface area contributed by atoms with Gasteiger partial charge < -0.3 is 10.1 Å². The van der Waals surface area contributed by atoms with Crippen LogP contribution in [0.15, 0.2) is 0 Å². The molecule has 4 heteroatoms. The second-order valence-corrected chi connectivity index (χ2v) is 6.71. The van der Waals surface area contributed by atoms with Gasteiger partial charge in [-0.25, -0.2) is 0 Å². The molecule has 1 rings (SSSR count). The molecule has 1 saturated carbocycles. The Kier molecular flexibility index (Phi) is 7.84. The van der Waals surface area contributed by atoms with Gasteiger partial charge in [0.25, 0.3) is 0 Å². The zero-order valence-electron chi connectivity index (χ0n) is 12.7. The van der Waals surface area contributed by atoms with E-state index in [4.69, 9.17) is 4.74 Å². The third kappa shape index (κ3) is 5.74. The van der Waals surface area contributed by atoms with Crippen LogP contribution in [-0.4, -0.2) is 36.2 Å². The maximum Gasteiger partial charge on any atom is 0.326 e. The second kappa shape index (κ2) is 8.85. The summed E-state index contributed by atoms with van der Waals surface area (Å²) in [7, 11) is 0. The van der Waals surface area contributed by atoms with Crippen molar-refractivity contribution < 1.29 is 9.53 Å². The molecular weight excluding hydrogens is 258 g/mol. The summed E-state index contributed by atoms with van der Waals surface area (Å²) >= 11 is 1.99. The highest BCUT2D eigenvalue weighted by Crippen LogP contribution is 2.28. The quantitative estimate of drug-likeness (QED) is 0.522. The SMILES string of the molecule is CCNC(C)(CCSCC1CCCC1)C(=O)OCC. The highest BCUT2D eigenvalue weighted by atomic mass is 32.2. The molecule has 1 unspecified atom stereocenters. The lowest BCUT2D eigenvalue weighted by Gasteiger charge is -2.28. The third-order valence-corrected chi connectivity index (χ3v) is 5.07. The molecular formula is C15H29NO2S. The van der Waals surface area contributed by atoms with Crippen LogP contribution in [0.5, 0.6) is 0 Å². The first-order valence-electron chi connectivity index (χ1n) is 7.62. The van der Waals surface area contributed by atoms with Gasteiger partial charge in [-0.3, -0.25) is 4.79 Å². The normalized spacial score (nSPS) is 19.3. The summed E-state index contributed by atoms with van der Waals surface area (Å²) in [6.07, 6.45) is 6.45. The molecule has 1 N–H and O–H groups in total. The van der Waals surface area contributed by atoms with Crippen molar-refractivity contribution >= 4 is 17.7 Å². The number of rotatable bonds is 9. The number of nitrogens with one attached hydrogen (secondary N) is 1. The monoisotopic (exact) mass is 287 g/mol. The van der Waals surface area contributed by atoms with Gasteiger partial charge >= 0.3 is 5.97 Å². The van der Waals surface area contributed by atoms with E-state index in [-0.39, 0.29) is 5.97 Å². The number of thioether (sulfide) groups is 1. The molecule has 0 spiro atoms. The maximum absolute atomic E-state index is 12.0. The summed E-state index contributed by atoms with van der Waals surface area (Å²) in [6, 6.07) is 0. The molecule has 112 valence electrons. The first-order valence-corrected chi connectivity index (χ1v) is 8.78. The molecule has 1 aliphatic rings. The summed E-state index contributed by atoms with van der Waals surface area (Å²) in [5, 5.41) is 3.28.